The van der Waals surface area contributed by atoms with Gasteiger partial charge in [0, 0.05) is 36.4 Å². The first kappa shape index (κ1) is 40.7. The number of esters is 2. The second-order valence-electron chi connectivity index (χ2n) is 16.3. The van der Waals surface area contributed by atoms with Gasteiger partial charge in [-0.25, -0.2) is 9.59 Å². The average molecular weight is 756 g/mol. The van der Waals surface area contributed by atoms with Crippen LogP contribution < -0.4 is 0 Å². The Kier molecular flexibility index (Phi) is 13.6. The summed E-state index contributed by atoms with van der Waals surface area (Å²) in [5, 5.41) is -0.157. The van der Waals surface area contributed by atoms with Gasteiger partial charge in [0.1, 0.15) is 12.2 Å². The number of allylic oxidation sites excluding steroid dienone is 1. The number of aliphatic imine (C=N–C) groups is 1. The maximum Gasteiger partial charge on any atom is 0.338 e. The van der Waals surface area contributed by atoms with Crippen LogP contribution in [0.2, 0.25) is 25.7 Å². The summed E-state index contributed by atoms with van der Waals surface area (Å²) in [7, 11) is -1.41. The number of hydrogen-bond acceptors (Lipinski definition) is 8. The molecule has 5 rings (SSSR count). The number of hydrogen-bond donors (Lipinski definition) is 0. The van der Waals surface area contributed by atoms with Crippen LogP contribution in [0.5, 0.6) is 0 Å². The van der Waals surface area contributed by atoms with Crippen molar-refractivity contribution >= 4 is 43.7 Å². The Bertz CT molecular complexity index is 1770. The fraction of sp³-hybridized carbons (Fsp3) is 0.477. The van der Waals surface area contributed by atoms with Gasteiger partial charge >= 0.3 is 11.9 Å². The Balaban J connectivity index is 1.50. The van der Waals surface area contributed by atoms with Crippen molar-refractivity contribution in [3.63, 3.8) is 0 Å². The second kappa shape index (κ2) is 17.8. The van der Waals surface area contributed by atoms with Gasteiger partial charge in [-0.1, -0.05) is 89.0 Å². The summed E-state index contributed by atoms with van der Waals surface area (Å²) in [5.74, 6) is -0.924. The molecule has 284 valence electrons. The molecule has 2 aliphatic heterocycles. The van der Waals surface area contributed by atoms with E-state index >= 15 is 0 Å². The van der Waals surface area contributed by atoms with Crippen molar-refractivity contribution in [2.24, 2.45) is 16.8 Å². The molecule has 3 aromatic carbocycles. The van der Waals surface area contributed by atoms with Gasteiger partial charge in [0.15, 0.2) is 5.79 Å². The van der Waals surface area contributed by atoms with Gasteiger partial charge < -0.3 is 18.9 Å². The predicted octanol–water partition coefficient (Wildman–Crippen LogP) is 11.0. The maximum atomic E-state index is 14.0. The molecule has 3 aromatic rings. The fourth-order valence-electron chi connectivity index (χ4n) is 6.65. The molecule has 0 amide bonds. The van der Waals surface area contributed by atoms with Gasteiger partial charge in [-0.3, -0.25) is 4.99 Å². The second-order valence-corrected chi connectivity index (χ2v) is 23.2. The van der Waals surface area contributed by atoms with Gasteiger partial charge in [0.25, 0.3) is 0 Å². The number of aryl methyl sites for hydroxylation is 1. The largest absolute Gasteiger partial charge is 0.462 e. The van der Waals surface area contributed by atoms with Crippen LogP contribution in [0.1, 0.15) is 90.1 Å². The first-order valence-electron chi connectivity index (χ1n) is 19.0. The van der Waals surface area contributed by atoms with E-state index in [1.54, 1.807) is 23.9 Å². The highest BCUT2D eigenvalue weighted by Gasteiger charge is 2.46. The number of fused-ring (bicyclic) bond motifs is 1. The monoisotopic (exact) mass is 755 g/mol. The minimum Gasteiger partial charge on any atom is -0.462 e. The van der Waals surface area contributed by atoms with Crippen LogP contribution in [-0.2, 0) is 25.4 Å². The van der Waals surface area contributed by atoms with Crippen LogP contribution in [0.25, 0.3) is 0 Å². The maximum absolute atomic E-state index is 14.0. The molecule has 5 atom stereocenters. The lowest BCUT2D eigenvalue weighted by Crippen LogP contribution is -2.38. The van der Waals surface area contributed by atoms with E-state index in [2.05, 4.69) is 64.7 Å². The number of nitrogens with zero attached hydrogens (tertiary/aromatic N) is 1. The molecule has 53 heavy (non-hydrogen) atoms. The summed E-state index contributed by atoms with van der Waals surface area (Å²) < 4.78 is 25.5. The lowest BCUT2D eigenvalue weighted by molar-refractivity contribution is -0.153. The zero-order valence-corrected chi connectivity index (χ0v) is 34.7. The lowest BCUT2D eigenvalue weighted by Gasteiger charge is -2.27. The minimum atomic E-state index is -1.41. The van der Waals surface area contributed by atoms with Crippen molar-refractivity contribution in [2.45, 2.75) is 121 Å². The van der Waals surface area contributed by atoms with Crippen molar-refractivity contribution in [1.82, 2.24) is 0 Å². The topological polar surface area (TPSA) is 83.4 Å². The highest BCUT2D eigenvalue weighted by molar-refractivity contribution is 7.99. The molecule has 2 aliphatic rings. The number of carbonyl (C=O) groups excluding carboxylic acids is 2. The average Bonchev–Trinajstić information content (AvgIpc) is 3.70. The smallest absolute Gasteiger partial charge is 0.338 e. The fourth-order valence-corrected chi connectivity index (χ4v) is 8.61. The summed E-state index contributed by atoms with van der Waals surface area (Å²) in [6.07, 6.45) is 6.34. The minimum absolute atomic E-state index is 0.157. The summed E-state index contributed by atoms with van der Waals surface area (Å²) in [5.41, 5.74) is 4.88. The number of benzene rings is 3. The molecule has 0 aliphatic carbocycles. The van der Waals surface area contributed by atoms with Crippen molar-refractivity contribution < 1.29 is 28.5 Å². The summed E-state index contributed by atoms with van der Waals surface area (Å²) in [4.78, 5) is 33.5. The molecule has 0 bridgehead atoms. The standard InChI is InChI=1S/C44H57NO6SSi/c1-29(2)30(3)20-21-35(49-42(46)32-16-12-10-13-17-32)41-36(50-44(5,6)51-41)22-23-37(52-34-18-14-11-15-19-34)39-38(43(47)48-26-27-53(7,8)9)31(4)28-33-24-25-45-40(33)39/h10-21,25,28-30,35-37,41H,22-24,26-27H2,1-9H3/b21-20-/t30-,35?,36+,37?,41+/m0/s1. The quantitative estimate of drug-likeness (QED) is 0.0623. The molecular weight excluding hydrogens is 699 g/mol. The van der Waals surface area contributed by atoms with Crippen molar-refractivity contribution in [2.75, 3.05) is 6.61 Å². The molecule has 1 fully saturated rings. The van der Waals surface area contributed by atoms with Gasteiger partial charge in [-0.05, 0) is 93.0 Å². The van der Waals surface area contributed by atoms with E-state index in [4.69, 9.17) is 23.9 Å². The van der Waals surface area contributed by atoms with Crippen LogP contribution in [0.4, 0.5) is 5.69 Å². The Labute approximate surface area is 322 Å². The highest BCUT2D eigenvalue weighted by Crippen LogP contribution is 2.48. The Morgan fingerprint density at radius 3 is 2.32 bits per heavy atom. The Morgan fingerprint density at radius 2 is 1.66 bits per heavy atom. The van der Waals surface area contributed by atoms with Crippen LogP contribution in [0.3, 0.4) is 0 Å². The van der Waals surface area contributed by atoms with E-state index in [0.29, 0.717) is 36.5 Å². The summed E-state index contributed by atoms with van der Waals surface area (Å²) >= 11 is 1.72. The number of carbonyl (C=O) groups is 2. The third-order valence-corrected chi connectivity index (χ3v) is 12.9. The molecule has 2 unspecified atom stereocenters. The number of thioether (sulfide) groups is 1. The van der Waals surface area contributed by atoms with Crippen LogP contribution in [0.15, 0.2) is 88.8 Å². The Morgan fingerprint density at radius 1 is 0.981 bits per heavy atom. The predicted molar refractivity (Wildman–Crippen MR) is 218 cm³/mol. The molecular formula is C44H57NO6SSi. The van der Waals surface area contributed by atoms with Crippen LogP contribution >= 0.6 is 11.8 Å². The summed E-state index contributed by atoms with van der Waals surface area (Å²) in [6, 6.07) is 22.3. The van der Waals surface area contributed by atoms with Gasteiger partial charge in [0.2, 0.25) is 0 Å². The van der Waals surface area contributed by atoms with Crippen LogP contribution in [-0.4, -0.2) is 56.9 Å². The molecule has 7 nitrogen and oxygen atoms in total. The molecule has 0 saturated carbocycles. The van der Waals surface area contributed by atoms with E-state index in [1.807, 2.05) is 69.5 Å². The van der Waals surface area contributed by atoms with E-state index in [9.17, 15) is 9.59 Å². The van der Waals surface area contributed by atoms with Gasteiger partial charge in [0.05, 0.1) is 29.5 Å². The SMILES string of the molecule is Cc1cc2c(c(C(CC[C@H]3OC(C)(C)O[C@@H]3C(/C=C\[C@H](C)C(C)C)OC(=O)c3ccccc3)Sc3ccccc3)c1C(=O)OCC[Si](C)(C)C)N=CC2. The molecule has 0 radical (unpaired) electrons. The zero-order valence-electron chi connectivity index (χ0n) is 32.9. The van der Waals surface area contributed by atoms with E-state index in [-0.39, 0.29) is 17.1 Å². The first-order valence-corrected chi connectivity index (χ1v) is 23.6. The lowest BCUT2D eigenvalue weighted by atomic mass is 9.91. The van der Waals surface area contributed by atoms with Crippen molar-refractivity contribution in [1.29, 1.82) is 0 Å². The molecule has 1 saturated heterocycles. The molecule has 0 aromatic heterocycles. The molecule has 2 heterocycles. The van der Waals surface area contributed by atoms with E-state index in [0.717, 1.165) is 39.7 Å². The Hall–Kier alpha value is -3.50. The molecule has 0 spiro atoms. The van der Waals surface area contributed by atoms with Gasteiger partial charge in [-0.2, -0.15) is 0 Å². The van der Waals surface area contributed by atoms with Crippen LogP contribution in [0, 0.1) is 18.8 Å². The highest BCUT2D eigenvalue weighted by atomic mass is 32.2. The van der Waals surface area contributed by atoms with Crippen molar-refractivity contribution in [3.8, 4) is 0 Å². The zero-order chi connectivity index (χ0) is 38.3. The summed E-state index contributed by atoms with van der Waals surface area (Å²) in [6.45, 7) is 19.6. The van der Waals surface area contributed by atoms with E-state index in [1.165, 1.54) is 0 Å². The van der Waals surface area contributed by atoms with Gasteiger partial charge in [-0.15, -0.1) is 11.8 Å². The molecule has 9 heteroatoms. The number of rotatable bonds is 16. The normalized spacial score (nSPS) is 19.7. The van der Waals surface area contributed by atoms with Crippen molar-refractivity contribution in [3.05, 3.63) is 107 Å². The van der Waals surface area contributed by atoms with E-state index < -0.39 is 38.1 Å². The first-order chi connectivity index (χ1) is 25.1. The molecule has 0 N–H and O–H groups in total. The third kappa shape index (κ3) is 11.0. The third-order valence-electron chi connectivity index (χ3n) is 9.95. The number of ether oxygens (including phenoxy) is 4.